The molecule has 0 bridgehead atoms. The zero-order chi connectivity index (χ0) is 24.4. The molecule has 5 nitrogen and oxygen atoms in total. The van der Waals surface area contributed by atoms with Crippen LogP contribution < -0.4 is 0 Å². The second-order valence-corrected chi connectivity index (χ2v) is 9.03. The number of rotatable bonds is 6. The predicted molar refractivity (Wildman–Crippen MR) is 138 cm³/mol. The third-order valence-corrected chi connectivity index (χ3v) is 6.78. The molecular weight excluding hydrogens is 458 g/mol. The van der Waals surface area contributed by atoms with Gasteiger partial charge in [-0.3, -0.25) is 0 Å². The van der Waals surface area contributed by atoms with Crippen LogP contribution in [0, 0.1) is 17.2 Å². The number of fused-ring (bicyclic) bond motifs is 1. The average molecular weight is 480 g/mol. The van der Waals surface area contributed by atoms with Crippen LogP contribution >= 0.6 is 11.6 Å². The molecule has 35 heavy (non-hydrogen) atoms. The van der Waals surface area contributed by atoms with E-state index in [1.54, 1.807) is 18.3 Å². The third-order valence-electron chi connectivity index (χ3n) is 6.47. The molecule has 0 atom stereocenters. The highest BCUT2D eigenvalue weighted by atomic mass is 35.5. The highest BCUT2D eigenvalue weighted by Crippen LogP contribution is 2.46. The van der Waals surface area contributed by atoms with Crippen molar-refractivity contribution in [3.8, 4) is 6.07 Å². The van der Waals surface area contributed by atoms with Gasteiger partial charge < -0.3 is 9.51 Å². The predicted octanol–water partition coefficient (Wildman–Crippen LogP) is 6.72. The second-order valence-electron chi connectivity index (χ2n) is 8.63. The minimum Gasteiger partial charge on any atom is -0.478 e. The molecular formula is C29H22ClN3O2. The van der Waals surface area contributed by atoms with E-state index in [1.165, 1.54) is 5.57 Å². The van der Waals surface area contributed by atoms with Crippen LogP contribution in [0.15, 0.2) is 79.3 Å². The lowest BCUT2D eigenvalue weighted by molar-refractivity contribution is -0.131. The maximum absolute atomic E-state index is 10.9. The number of pyridine rings is 1. The first-order chi connectivity index (χ1) is 17.0. The molecule has 0 aliphatic heterocycles. The van der Waals surface area contributed by atoms with Gasteiger partial charge in [0.05, 0.1) is 11.6 Å². The number of aromatic nitrogens is 2. The van der Waals surface area contributed by atoms with Crippen molar-refractivity contribution in [3.05, 3.63) is 112 Å². The Hall–Kier alpha value is -4.14. The molecule has 0 amide bonds. The Morgan fingerprint density at radius 2 is 1.89 bits per heavy atom. The van der Waals surface area contributed by atoms with Crippen molar-refractivity contribution in [1.29, 1.82) is 5.26 Å². The van der Waals surface area contributed by atoms with Crippen LogP contribution in [0.4, 0.5) is 0 Å². The SMILES string of the molecule is N#Cc1ccc(C(=C(c2ccc(C=CC(=O)O)cc2)c2ccc3nccn3c2)C2CCC2)c(Cl)c1. The topological polar surface area (TPSA) is 78.4 Å². The largest absolute Gasteiger partial charge is 0.478 e. The molecule has 2 heterocycles. The Kier molecular flexibility index (Phi) is 6.22. The fourth-order valence-corrected chi connectivity index (χ4v) is 4.82. The standard InChI is InChI=1S/C29H22ClN3O2/c30-25-16-20(17-31)6-11-24(25)29(21-2-1-3-21)28(23-10-12-26-32-14-15-33(26)18-23)22-8-4-19(5-9-22)7-13-27(34)35/h4-16,18,21H,1-3H2,(H,34,35). The van der Waals surface area contributed by atoms with E-state index in [-0.39, 0.29) is 0 Å². The summed E-state index contributed by atoms with van der Waals surface area (Å²) in [7, 11) is 0. The van der Waals surface area contributed by atoms with Gasteiger partial charge in [0.1, 0.15) is 5.65 Å². The summed E-state index contributed by atoms with van der Waals surface area (Å²) in [6, 6.07) is 19.6. The van der Waals surface area contributed by atoms with Crippen LogP contribution in [0.2, 0.25) is 5.02 Å². The molecule has 6 heteroatoms. The summed E-state index contributed by atoms with van der Waals surface area (Å²) in [4.78, 5) is 15.3. The van der Waals surface area contributed by atoms with Crippen LogP contribution in [-0.2, 0) is 4.79 Å². The van der Waals surface area contributed by atoms with Crippen molar-refractivity contribution in [2.45, 2.75) is 19.3 Å². The summed E-state index contributed by atoms with van der Waals surface area (Å²) < 4.78 is 2.00. The van der Waals surface area contributed by atoms with E-state index < -0.39 is 5.97 Å². The number of benzene rings is 2. The van der Waals surface area contributed by atoms with Crippen molar-refractivity contribution in [2.75, 3.05) is 0 Å². The first-order valence-corrected chi connectivity index (χ1v) is 11.8. The highest BCUT2D eigenvalue weighted by Gasteiger charge is 2.28. The Labute approximate surface area is 208 Å². The summed E-state index contributed by atoms with van der Waals surface area (Å²) in [5, 5.41) is 18.9. The number of hydrogen-bond donors (Lipinski definition) is 1. The molecule has 1 fully saturated rings. The van der Waals surface area contributed by atoms with Gasteiger partial charge in [0.25, 0.3) is 0 Å². The Bertz CT molecular complexity index is 1520. The van der Waals surface area contributed by atoms with E-state index in [0.29, 0.717) is 16.5 Å². The van der Waals surface area contributed by atoms with Crippen LogP contribution in [0.1, 0.15) is 47.1 Å². The van der Waals surface area contributed by atoms with E-state index in [4.69, 9.17) is 16.7 Å². The monoisotopic (exact) mass is 479 g/mol. The summed E-state index contributed by atoms with van der Waals surface area (Å²) in [6.45, 7) is 0. The van der Waals surface area contributed by atoms with Gasteiger partial charge in [-0.25, -0.2) is 9.78 Å². The average Bonchev–Trinajstić information content (AvgIpc) is 3.30. The second kappa shape index (κ2) is 9.61. The van der Waals surface area contributed by atoms with Crippen LogP contribution in [0.25, 0.3) is 22.9 Å². The minimum absolute atomic E-state index is 0.348. The van der Waals surface area contributed by atoms with Crippen LogP contribution in [-0.4, -0.2) is 20.5 Å². The fourth-order valence-electron chi connectivity index (χ4n) is 4.53. The first kappa shape index (κ1) is 22.6. The number of nitrogens with zero attached hydrogens (tertiary/aromatic N) is 3. The summed E-state index contributed by atoms with van der Waals surface area (Å²) in [5.74, 6) is -0.633. The Morgan fingerprint density at radius 3 is 2.54 bits per heavy atom. The molecule has 172 valence electrons. The smallest absolute Gasteiger partial charge is 0.328 e. The Morgan fingerprint density at radius 1 is 1.11 bits per heavy atom. The van der Waals surface area contributed by atoms with Gasteiger partial charge in [-0.1, -0.05) is 48.4 Å². The number of allylic oxidation sites excluding steroid dienone is 1. The molecule has 2 aromatic heterocycles. The number of nitriles is 1. The molecule has 0 unspecified atom stereocenters. The quantitative estimate of drug-likeness (QED) is 0.246. The number of hydrogen-bond acceptors (Lipinski definition) is 3. The molecule has 1 aliphatic rings. The molecule has 1 aliphatic carbocycles. The number of aliphatic carboxylic acids is 1. The van der Waals surface area contributed by atoms with E-state index in [0.717, 1.165) is 58.8 Å². The van der Waals surface area contributed by atoms with Crippen molar-refractivity contribution in [2.24, 2.45) is 5.92 Å². The maximum Gasteiger partial charge on any atom is 0.328 e. The summed E-state index contributed by atoms with van der Waals surface area (Å²) in [5.41, 5.74) is 7.43. The van der Waals surface area contributed by atoms with Gasteiger partial charge in [-0.15, -0.1) is 0 Å². The molecule has 1 N–H and O–H groups in total. The number of carbonyl (C=O) groups is 1. The van der Waals surface area contributed by atoms with Crippen molar-refractivity contribution >= 4 is 40.4 Å². The van der Waals surface area contributed by atoms with E-state index in [1.807, 2.05) is 53.1 Å². The van der Waals surface area contributed by atoms with Gasteiger partial charge in [0, 0.05) is 29.7 Å². The van der Waals surface area contributed by atoms with Gasteiger partial charge in [-0.2, -0.15) is 5.26 Å². The van der Waals surface area contributed by atoms with E-state index in [9.17, 15) is 10.1 Å². The van der Waals surface area contributed by atoms with Gasteiger partial charge >= 0.3 is 5.97 Å². The zero-order valence-corrected chi connectivity index (χ0v) is 19.6. The molecule has 2 aromatic carbocycles. The van der Waals surface area contributed by atoms with Crippen molar-refractivity contribution < 1.29 is 9.90 Å². The zero-order valence-electron chi connectivity index (χ0n) is 18.9. The molecule has 4 aromatic rings. The lowest BCUT2D eigenvalue weighted by atomic mass is 9.73. The third kappa shape index (κ3) is 4.62. The molecule has 5 rings (SSSR count). The first-order valence-electron chi connectivity index (χ1n) is 11.4. The number of carboxylic acids is 1. The van der Waals surface area contributed by atoms with Gasteiger partial charge in [-0.05, 0) is 82.5 Å². The summed E-state index contributed by atoms with van der Waals surface area (Å²) >= 11 is 6.76. The Balaban J connectivity index is 1.75. The van der Waals surface area contributed by atoms with Gasteiger partial charge in [0.2, 0.25) is 0 Å². The highest BCUT2D eigenvalue weighted by molar-refractivity contribution is 6.33. The molecule has 1 saturated carbocycles. The van der Waals surface area contributed by atoms with Crippen molar-refractivity contribution in [3.63, 3.8) is 0 Å². The van der Waals surface area contributed by atoms with E-state index >= 15 is 0 Å². The maximum atomic E-state index is 10.9. The van der Waals surface area contributed by atoms with E-state index in [2.05, 4.69) is 23.3 Å². The number of imidazole rings is 1. The van der Waals surface area contributed by atoms with Crippen molar-refractivity contribution in [1.82, 2.24) is 9.38 Å². The lowest BCUT2D eigenvalue weighted by Crippen LogP contribution is -2.15. The lowest BCUT2D eigenvalue weighted by Gasteiger charge is -2.32. The van der Waals surface area contributed by atoms with Gasteiger partial charge in [0.15, 0.2) is 0 Å². The van der Waals surface area contributed by atoms with Crippen LogP contribution in [0.3, 0.4) is 0 Å². The normalized spacial score (nSPS) is 14.5. The number of halogens is 1. The number of carboxylic acid groups (broad SMARTS) is 1. The fraction of sp³-hybridized carbons (Fsp3) is 0.138. The molecule has 0 radical (unpaired) electrons. The summed E-state index contributed by atoms with van der Waals surface area (Å²) in [6.07, 6.45) is 11.8. The minimum atomic E-state index is -0.981. The molecule has 0 spiro atoms. The van der Waals surface area contributed by atoms with Crippen LogP contribution in [0.5, 0.6) is 0 Å². The molecule has 0 saturated heterocycles.